The highest BCUT2D eigenvalue weighted by molar-refractivity contribution is 7.89. The minimum Gasteiger partial charge on any atom is -0.326 e. The van der Waals surface area contributed by atoms with Gasteiger partial charge in [-0.2, -0.15) is 0 Å². The molecule has 1 aromatic carbocycles. The highest BCUT2D eigenvalue weighted by atomic mass is 35.5. The van der Waals surface area contributed by atoms with Crippen LogP contribution in [0.5, 0.6) is 0 Å². The number of hydrogen-bond donors (Lipinski definition) is 1. The van der Waals surface area contributed by atoms with Crippen LogP contribution in [-0.2, 0) is 14.8 Å². The number of carbonyl (C=O) groups excluding carboxylic acids is 1. The standard InChI is InChI=1S/C14H19ClN2O3S/c1-2-21(19,20)17-8-4-5-11(10-17)14(18)16-13-7-3-6-12(15)9-13/h3,6-7,9,11H,2,4-5,8,10H2,1H3,(H,16,18). The lowest BCUT2D eigenvalue weighted by atomic mass is 9.99. The van der Waals surface area contributed by atoms with Crippen molar-refractivity contribution in [2.75, 3.05) is 24.2 Å². The quantitative estimate of drug-likeness (QED) is 0.921. The molecular formula is C14H19ClN2O3S. The van der Waals surface area contributed by atoms with E-state index in [9.17, 15) is 13.2 Å². The zero-order valence-corrected chi connectivity index (χ0v) is 13.5. The van der Waals surface area contributed by atoms with Crippen molar-refractivity contribution in [2.24, 2.45) is 5.92 Å². The number of halogens is 1. The molecule has 0 bridgehead atoms. The molecule has 1 unspecified atom stereocenters. The third-order valence-corrected chi connectivity index (χ3v) is 5.69. The Hall–Kier alpha value is -1.11. The number of benzene rings is 1. The molecule has 21 heavy (non-hydrogen) atoms. The van der Waals surface area contributed by atoms with Crippen LogP contribution in [0.3, 0.4) is 0 Å². The van der Waals surface area contributed by atoms with Gasteiger partial charge in [0.15, 0.2) is 0 Å². The fourth-order valence-electron chi connectivity index (χ4n) is 2.40. The van der Waals surface area contributed by atoms with Gasteiger partial charge in [0.05, 0.1) is 11.7 Å². The Labute approximate surface area is 130 Å². The molecule has 1 atom stereocenters. The van der Waals surface area contributed by atoms with E-state index in [1.165, 1.54) is 4.31 Å². The number of carbonyl (C=O) groups is 1. The molecule has 1 heterocycles. The molecule has 0 saturated carbocycles. The summed E-state index contributed by atoms with van der Waals surface area (Å²) in [7, 11) is -3.24. The van der Waals surface area contributed by atoms with Crippen LogP contribution in [0.25, 0.3) is 0 Å². The zero-order valence-electron chi connectivity index (χ0n) is 11.9. The van der Waals surface area contributed by atoms with Crippen LogP contribution in [0, 0.1) is 5.92 Å². The average Bonchev–Trinajstić information content (AvgIpc) is 2.47. The summed E-state index contributed by atoms with van der Waals surface area (Å²) in [5.74, 6) is -0.414. The average molecular weight is 331 g/mol. The van der Waals surface area contributed by atoms with Gasteiger partial charge in [-0.15, -0.1) is 0 Å². The first-order valence-electron chi connectivity index (χ1n) is 6.96. The van der Waals surface area contributed by atoms with E-state index in [0.29, 0.717) is 30.1 Å². The van der Waals surface area contributed by atoms with Crippen molar-refractivity contribution in [3.8, 4) is 0 Å². The van der Waals surface area contributed by atoms with E-state index < -0.39 is 10.0 Å². The summed E-state index contributed by atoms with van der Waals surface area (Å²) in [5, 5.41) is 3.35. The first kappa shape index (κ1) is 16.3. The first-order chi connectivity index (χ1) is 9.92. The Morgan fingerprint density at radius 1 is 1.48 bits per heavy atom. The number of anilines is 1. The molecule has 1 saturated heterocycles. The lowest BCUT2D eigenvalue weighted by Gasteiger charge is -2.30. The van der Waals surface area contributed by atoms with Gasteiger partial charge in [0.25, 0.3) is 0 Å². The Bertz CT molecular complexity index is 618. The van der Waals surface area contributed by atoms with Crippen molar-refractivity contribution < 1.29 is 13.2 Å². The summed E-state index contributed by atoms with van der Waals surface area (Å²) >= 11 is 5.88. The smallest absolute Gasteiger partial charge is 0.228 e. The number of rotatable bonds is 4. The van der Waals surface area contributed by atoms with Crippen LogP contribution >= 0.6 is 11.6 Å². The second kappa shape index (κ2) is 6.77. The van der Waals surface area contributed by atoms with Crippen LogP contribution < -0.4 is 5.32 Å². The summed E-state index contributed by atoms with van der Waals surface area (Å²) < 4.78 is 25.2. The maximum Gasteiger partial charge on any atom is 0.228 e. The van der Waals surface area contributed by atoms with Crippen molar-refractivity contribution in [1.29, 1.82) is 0 Å². The van der Waals surface area contributed by atoms with Crippen molar-refractivity contribution in [1.82, 2.24) is 4.31 Å². The number of nitrogens with one attached hydrogen (secondary N) is 1. The minimum atomic E-state index is -3.24. The van der Waals surface area contributed by atoms with Crippen molar-refractivity contribution in [3.05, 3.63) is 29.3 Å². The summed E-state index contributed by atoms with van der Waals surface area (Å²) in [5.41, 5.74) is 0.628. The predicted molar refractivity (Wildman–Crippen MR) is 83.8 cm³/mol. The molecule has 0 aliphatic carbocycles. The largest absolute Gasteiger partial charge is 0.326 e. The van der Waals surface area contributed by atoms with Crippen LogP contribution in [0.15, 0.2) is 24.3 Å². The third-order valence-electron chi connectivity index (χ3n) is 3.61. The molecule has 2 rings (SSSR count). The van der Waals surface area contributed by atoms with Gasteiger partial charge in [0.2, 0.25) is 15.9 Å². The normalized spacial score (nSPS) is 20.2. The SMILES string of the molecule is CCS(=O)(=O)N1CCCC(C(=O)Nc2cccc(Cl)c2)C1. The summed E-state index contributed by atoms with van der Waals surface area (Å²) in [6.07, 6.45) is 1.40. The van der Waals surface area contributed by atoms with Gasteiger partial charge in [-0.25, -0.2) is 12.7 Å². The maximum absolute atomic E-state index is 12.3. The monoisotopic (exact) mass is 330 g/mol. The topological polar surface area (TPSA) is 66.5 Å². The van der Waals surface area contributed by atoms with E-state index in [4.69, 9.17) is 11.6 Å². The molecule has 116 valence electrons. The molecule has 1 aliphatic rings. The van der Waals surface area contributed by atoms with Crippen LogP contribution in [0.4, 0.5) is 5.69 Å². The van der Waals surface area contributed by atoms with Gasteiger partial charge < -0.3 is 5.32 Å². The number of sulfonamides is 1. The molecule has 1 aromatic rings. The van der Waals surface area contributed by atoms with E-state index in [0.717, 1.165) is 0 Å². The number of hydrogen-bond acceptors (Lipinski definition) is 3. The maximum atomic E-state index is 12.3. The molecule has 1 N–H and O–H groups in total. The highest BCUT2D eigenvalue weighted by Gasteiger charge is 2.31. The van der Waals surface area contributed by atoms with Crippen molar-refractivity contribution in [3.63, 3.8) is 0 Å². The Balaban J connectivity index is 2.02. The van der Waals surface area contributed by atoms with E-state index in [-0.39, 0.29) is 24.1 Å². The van der Waals surface area contributed by atoms with Crippen LogP contribution in [0.1, 0.15) is 19.8 Å². The second-order valence-electron chi connectivity index (χ2n) is 5.10. The van der Waals surface area contributed by atoms with Gasteiger partial charge in [0.1, 0.15) is 0 Å². The summed E-state index contributed by atoms with van der Waals surface area (Å²) in [6, 6.07) is 6.91. The first-order valence-corrected chi connectivity index (χ1v) is 8.95. The van der Waals surface area contributed by atoms with E-state index in [2.05, 4.69) is 5.32 Å². The molecule has 5 nitrogen and oxygen atoms in total. The van der Waals surface area contributed by atoms with E-state index in [1.807, 2.05) is 0 Å². The number of nitrogens with zero attached hydrogens (tertiary/aromatic N) is 1. The van der Waals surface area contributed by atoms with Crippen molar-refractivity contribution >= 4 is 33.2 Å². The van der Waals surface area contributed by atoms with Crippen LogP contribution in [-0.4, -0.2) is 37.5 Å². The lowest BCUT2D eigenvalue weighted by molar-refractivity contribution is -0.120. The molecule has 1 aliphatic heterocycles. The Morgan fingerprint density at radius 2 is 2.24 bits per heavy atom. The van der Waals surface area contributed by atoms with Gasteiger partial charge in [-0.3, -0.25) is 4.79 Å². The Kier molecular flexibility index (Phi) is 5.24. The zero-order chi connectivity index (χ0) is 15.5. The summed E-state index contributed by atoms with van der Waals surface area (Å²) in [6.45, 7) is 2.37. The van der Waals surface area contributed by atoms with Gasteiger partial charge in [-0.1, -0.05) is 17.7 Å². The molecule has 0 aromatic heterocycles. The molecule has 0 spiro atoms. The van der Waals surface area contributed by atoms with Gasteiger partial charge in [0, 0.05) is 23.8 Å². The van der Waals surface area contributed by atoms with Gasteiger partial charge in [-0.05, 0) is 38.0 Å². The summed E-state index contributed by atoms with van der Waals surface area (Å²) in [4.78, 5) is 12.3. The highest BCUT2D eigenvalue weighted by Crippen LogP contribution is 2.22. The molecule has 1 fully saturated rings. The van der Waals surface area contributed by atoms with E-state index in [1.54, 1.807) is 31.2 Å². The predicted octanol–water partition coefficient (Wildman–Crippen LogP) is 2.34. The molecule has 0 radical (unpaired) electrons. The molecular weight excluding hydrogens is 312 g/mol. The minimum absolute atomic E-state index is 0.0651. The van der Waals surface area contributed by atoms with Crippen molar-refractivity contribution in [2.45, 2.75) is 19.8 Å². The fourth-order valence-corrected chi connectivity index (χ4v) is 3.77. The third kappa shape index (κ3) is 4.18. The molecule has 7 heteroatoms. The molecule has 1 amide bonds. The number of amides is 1. The van der Waals surface area contributed by atoms with Crippen LogP contribution in [0.2, 0.25) is 5.02 Å². The lowest BCUT2D eigenvalue weighted by Crippen LogP contribution is -2.44. The number of piperidine rings is 1. The Morgan fingerprint density at radius 3 is 2.90 bits per heavy atom. The second-order valence-corrected chi connectivity index (χ2v) is 7.79. The van der Waals surface area contributed by atoms with E-state index >= 15 is 0 Å². The fraction of sp³-hybridized carbons (Fsp3) is 0.500. The van der Waals surface area contributed by atoms with Gasteiger partial charge >= 0.3 is 0 Å².